The molecule has 0 aliphatic rings. The summed E-state index contributed by atoms with van der Waals surface area (Å²) in [6.07, 6.45) is 0. The van der Waals surface area contributed by atoms with E-state index in [1.165, 1.54) is 0 Å². The van der Waals surface area contributed by atoms with Gasteiger partial charge in [0.1, 0.15) is 13.7 Å². The van der Waals surface area contributed by atoms with Gasteiger partial charge in [0.25, 0.3) is 0 Å². The summed E-state index contributed by atoms with van der Waals surface area (Å²) in [6.45, 7) is 8.30. The van der Waals surface area contributed by atoms with Gasteiger partial charge in [-0.2, -0.15) is 0 Å². The van der Waals surface area contributed by atoms with Gasteiger partial charge in [0.15, 0.2) is 0 Å². The van der Waals surface area contributed by atoms with E-state index in [-0.39, 0.29) is 11.7 Å². The summed E-state index contributed by atoms with van der Waals surface area (Å²) in [5.41, 5.74) is 3.04. The third kappa shape index (κ3) is 2.17. The molecule has 2 heteroatoms. The molecular weight excluding hydrogens is 174 g/mol. The van der Waals surface area contributed by atoms with Crippen LogP contribution in [0.2, 0.25) is 0 Å². The Morgan fingerprint density at radius 1 is 1.07 bits per heavy atom. The molecule has 1 rings (SSSR count). The minimum Gasteiger partial charge on any atom is -0.207 e. The van der Waals surface area contributed by atoms with Gasteiger partial charge in [-0.3, -0.25) is 0 Å². The Kier molecular flexibility index (Phi) is 3.36. The minimum absolute atomic E-state index is 0.0521. The van der Waals surface area contributed by atoms with Crippen molar-refractivity contribution in [1.29, 1.82) is 0 Å². The Balaban J connectivity index is 3.37. The third-order valence-corrected chi connectivity index (χ3v) is 2.51. The van der Waals surface area contributed by atoms with Crippen molar-refractivity contribution < 1.29 is 4.39 Å². The first-order chi connectivity index (χ1) is 6.43. The van der Waals surface area contributed by atoms with Gasteiger partial charge in [0.2, 0.25) is 0 Å². The van der Waals surface area contributed by atoms with Gasteiger partial charge >= 0.3 is 0 Å². The van der Waals surface area contributed by atoms with Crippen LogP contribution >= 0.6 is 0 Å². The van der Waals surface area contributed by atoms with E-state index in [4.69, 9.17) is 0 Å². The molecule has 0 atom stereocenters. The first-order valence-electron chi connectivity index (χ1n) is 5.23. The Hall–Kier alpha value is -0.785. The molecule has 0 N–H and O–H groups in total. The van der Waals surface area contributed by atoms with Crippen molar-refractivity contribution in [3.05, 3.63) is 29.1 Å². The lowest BCUT2D eigenvalue weighted by Crippen LogP contribution is -2.11. The smallest absolute Gasteiger partial charge is 0.139 e. The van der Waals surface area contributed by atoms with Crippen molar-refractivity contribution in [2.24, 2.45) is 0 Å². The van der Waals surface area contributed by atoms with Crippen molar-refractivity contribution >= 4 is 13.3 Å². The molecule has 0 aliphatic heterocycles. The molecule has 0 unspecified atom stereocenters. The molecule has 0 aromatic heterocycles. The van der Waals surface area contributed by atoms with Gasteiger partial charge in [0.05, 0.1) is 0 Å². The van der Waals surface area contributed by atoms with E-state index in [2.05, 4.69) is 19.9 Å². The molecule has 0 amide bonds. The molecule has 0 saturated carbocycles. The largest absolute Gasteiger partial charge is 0.207 e. The van der Waals surface area contributed by atoms with E-state index < -0.39 is 0 Å². The maximum Gasteiger partial charge on any atom is 0.139 e. The number of halogens is 1. The topological polar surface area (TPSA) is 0 Å². The van der Waals surface area contributed by atoms with Crippen molar-refractivity contribution in [2.75, 3.05) is 0 Å². The minimum atomic E-state index is -0.0521. The number of hydrogen-bond acceptors (Lipinski definition) is 0. The monoisotopic (exact) mass is 192 g/mol. The summed E-state index contributed by atoms with van der Waals surface area (Å²) in [6, 6.07) is 3.73. The van der Waals surface area contributed by atoms with Crippen LogP contribution in [0.3, 0.4) is 0 Å². The van der Waals surface area contributed by atoms with Crippen LogP contribution in [0.1, 0.15) is 50.7 Å². The van der Waals surface area contributed by atoms with Crippen LogP contribution in [0.15, 0.2) is 12.1 Å². The van der Waals surface area contributed by atoms with Crippen LogP contribution in [0.4, 0.5) is 4.39 Å². The summed E-state index contributed by atoms with van der Waals surface area (Å²) in [5, 5.41) is 0. The highest BCUT2D eigenvalue weighted by Crippen LogP contribution is 2.27. The lowest BCUT2D eigenvalue weighted by atomic mass is 9.84. The van der Waals surface area contributed by atoms with Crippen LogP contribution in [0.25, 0.3) is 0 Å². The van der Waals surface area contributed by atoms with E-state index >= 15 is 0 Å². The van der Waals surface area contributed by atoms with E-state index in [0.29, 0.717) is 5.92 Å². The van der Waals surface area contributed by atoms with Gasteiger partial charge in [-0.25, -0.2) is 4.39 Å². The van der Waals surface area contributed by atoms with E-state index in [9.17, 15) is 4.39 Å². The Morgan fingerprint density at radius 3 is 2.07 bits per heavy atom. The second-order valence-electron chi connectivity index (χ2n) is 4.56. The second-order valence-corrected chi connectivity index (χ2v) is 4.56. The highest BCUT2D eigenvalue weighted by molar-refractivity contribution is 6.32. The predicted octanol–water partition coefficient (Wildman–Crippen LogP) is 2.33. The highest BCUT2D eigenvalue weighted by Gasteiger charge is 2.14. The molecule has 1 aromatic carbocycles. The highest BCUT2D eigenvalue weighted by atomic mass is 19.1. The maximum atomic E-state index is 13.7. The van der Waals surface area contributed by atoms with Gasteiger partial charge < -0.3 is 0 Å². The molecule has 0 radical (unpaired) electrons. The molecule has 0 aliphatic carbocycles. The summed E-state index contributed by atoms with van der Waals surface area (Å²) in [7, 11) is 1.94. The predicted molar refractivity (Wildman–Crippen MR) is 62.8 cm³/mol. The van der Waals surface area contributed by atoms with Crippen molar-refractivity contribution in [1.82, 2.24) is 0 Å². The van der Waals surface area contributed by atoms with E-state index in [0.717, 1.165) is 16.6 Å². The summed E-state index contributed by atoms with van der Waals surface area (Å²) >= 11 is 0. The number of hydrogen-bond donors (Lipinski definition) is 0. The number of rotatable bonds is 2. The van der Waals surface area contributed by atoms with Crippen molar-refractivity contribution in [3.8, 4) is 0 Å². The van der Waals surface area contributed by atoms with Crippen LogP contribution in [-0.4, -0.2) is 7.85 Å². The van der Waals surface area contributed by atoms with Gasteiger partial charge in [0, 0.05) is 0 Å². The molecule has 0 fully saturated rings. The summed E-state index contributed by atoms with van der Waals surface area (Å²) in [4.78, 5) is 0. The van der Waals surface area contributed by atoms with Gasteiger partial charge in [-0.15, -0.1) is 0 Å². The normalized spacial score (nSPS) is 11.4. The van der Waals surface area contributed by atoms with Crippen molar-refractivity contribution in [3.63, 3.8) is 0 Å². The Morgan fingerprint density at radius 2 is 1.64 bits per heavy atom. The molecule has 0 saturated heterocycles. The Labute approximate surface area is 86.9 Å². The average molecular weight is 192 g/mol. The molecule has 0 spiro atoms. The first kappa shape index (κ1) is 11.3. The Bertz CT molecular complexity index is 329. The lowest BCUT2D eigenvalue weighted by Gasteiger charge is -2.17. The maximum absolute atomic E-state index is 13.7. The first-order valence-corrected chi connectivity index (χ1v) is 5.23. The molecular formula is C12H18BF. The zero-order valence-corrected chi connectivity index (χ0v) is 9.69. The molecule has 1 aromatic rings. The zero-order chi connectivity index (χ0) is 10.9. The summed E-state index contributed by atoms with van der Waals surface area (Å²) < 4.78 is 13.7. The molecule has 0 heterocycles. The van der Waals surface area contributed by atoms with Crippen LogP contribution in [0, 0.1) is 5.82 Å². The molecule has 0 bridgehead atoms. The van der Waals surface area contributed by atoms with Crippen LogP contribution < -0.4 is 5.46 Å². The standard InChI is InChI=1S/C12H18BF/c1-7(2)10-5-9(13)6-11(14)12(10)8(3)4/h5-8H,13H2,1-4H3. The quantitative estimate of drug-likeness (QED) is 0.631. The lowest BCUT2D eigenvalue weighted by molar-refractivity contribution is 0.591. The molecule has 76 valence electrons. The summed E-state index contributed by atoms with van der Waals surface area (Å²) in [5.74, 6) is 0.596. The molecule has 0 nitrogen and oxygen atoms in total. The fourth-order valence-electron chi connectivity index (χ4n) is 1.87. The van der Waals surface area contributed by atoms with E-state index in [1.54, 1.807) is 6.07 Å². The molecule has 14 heavy (non-hydrogen) atoms. The van der Waals surface area contributed by atoms with Crippen LogP contribution in [-0.2, 0) is 0 Å². The fourth-order valence-corrected chi connectivity index (χ4v) is 1.87. The second kappa shape index (κ2) is 4.16. The van der Waals surface area contributed by atoms with Crippen LogP contribution in [0.5, 0.6) is 0 Å². The zero-order valence-electron chi connectivity index (χ0n) is 9.69. The SMILES string of the molecule is Bc1cc(F)c(C(C)C)c(C(C)C)c1. The third-order valence-electron chi connectivity index (χ3n) is 2.51. The van der Waals surface area contributed by atoms with Crippen molar-refractivity contribution in [2.45, 2.75) is 39.5 Å². The van der Waals surface area contributed by atoms with E-state index in [1.807, 2.05) is 21.7 Å². The average Bonchev–Trinajstić information content (AvgIpc) is 2.01. The number of benzene rings is 1. The fraction of sp³-hybridized carbons (Fsp3) is 0.500. The van der Waals surface area contributed by atoms with Gasteiger partial charge in [-0.1, -0.05) is 39.2 Å². The van der Waals surface area contributed by atoms with Gasteiger partial charge in [-0.05, 0) is 29.0 Å².